The zero-order valence-corrected chi connectivity index (χ0v) is 14.1. The molecule has 1 heterocycles. The van der Waals surface area contributed by atoms with Crippen LogP contribution in [-0.4, -0.2) is 37.2 Å². The third-order valence-corrected chi connectivity index (χ3v) is 5.16. The summed E-state index contributed by atoms with van der Waals surface area (Å²) in [5.74, 6) is -0.395. The van der Waals surface area contributed by atoms with Crippen LogP contribution in [-0.2, 0) is 14.8 Å². The number of anilines is 1. The van der Waals surface area contributed by atoms with Crippen molar-refractivity contribution in [3.8, 4) is 0 Å². The lowest BCUT2D eigenvalue weighted by molar-refractivity contribution is -0.116. The Hall–Kier alpha value is -2.25. The molecule has 1 aromatic heterocycles. The minimum Gasteiger partial charge on any atom is -0.325 e. The topological polar surface area (TPSA) is 79.4 Å². The minimum absolute atomic E-state index is 0.0574. The molecule has 0 aliphatic heterocycles. The molecule has 0 aliphatic rings. The highest BCUT2D eigenvalue weighted by Crippen LogP contribution is 2.17. The zero-order valence-electron chi connectivity index (χ0n) is 13.3. The van der Waals surface area contributed by atoms with Crippen molar-refractivity contribution >= 4 is 21.6 Å². The predicted octanol–water partition coefficient (Wildman–Crippen LogP) is 1.96. The molecule has 1 N–H and O–H groups in total. The van der Waals surface area contributed by atoms with Crippen LogP contribution in [0.1, 0.15) is 11.1 Å². The molecule has 0 fully saturated rings. The van der Waals surface area contributed by atoms with Crippen LogP contribution in [0.3, 0.4) is 0 Å². The van der Waals surface area contributed by atoms with Gasteiger partial charge in [0.25, 0.3) is 0 Å². The van der Waals surface area contributed by atoms with E-state index in [9.17, 15) is 13.2 Å². The van der Waals surface area contributed by atoms with Gasteiger partial charge in [-0.05, 0) is 43.2 Å². The van der Waals surface area contributed by atoms with Crippen LogP contribution in [0.25, 0.3) is 0 Å². The first-order valence-corrected chi connectivity index (χ1v) is 8.48. The van der Waals surface area contributed by atoms with Crippen molar-refractivity contribution in [1.29, 1.82) is 0 Å². The summed E-state index contributed by atoms with van der Waals surface area (Å²) in [5, 5.41) is 2.74. The summed E-state index contributed by atoms with van der Waals surface area (Å²) >= 11 is 0. The number of hydrogen-bond acceptors (Lipinski definition) is 4. The number of amides is 1. The average Bonchev–Trinajstić information content (AvgIpc) is 2.51. The quantitative estimate of drug-likeness (QED) is 0.907. The molecule has 0 unspecified atom stereocenters. The molecule has 0 bridgehead atoms. The Morgan fingerprint density at radius 3 is 2.65 bits per heavy atom. The molecule has 0 atom stereocenters. The number of pyridine rings is 1. The second-order valence-corrected chi connectivity index (χ2v) is 7.36. The molecule has 0 saturated carbocycles. The third kappa shape index (κ3) is 4.14. The monoisotopic (exact) mass is 333 g/mol. The predicted molar refractivity (Wildman–Crippen MR) is 88.6 cm³/mol. The molecule has 0 radical (unpaired) electrons. The Morgan fingerprint density at radius 1 is 1.26 bits per heavy atom. The fourth-order valence-electron chi connectivity index (χ4n) is 2.03. The first kappa shape index (κ1) is 17.1. The molecule has 2 rings (SSSR count). The van der Waals surface area contributed by atoms with Gasteiger partial charge in [-0.25, -0.2) is 8.42 Å². The standard InChI is InChI=1S/C16H19N3O3S/c1-12-6-7-13(2)15(9-12)18-16(20)11-19(3)23(21,22)14-5-4-8-17-10-14/h4-10H,11H2,1-3H3,(H,18,20). The summed E-state index contributed by atoms with van der Waals surface area (Å²) in [4.78, 5) is 16.0. The number of aryl methyl sites for hydroxylation is 2. The number of rotatable bonds is 5. The van der Waals surface area contributed by atoms with E-state index in [1.807, 2.05) is 32.0 Å². The summed E-state index contributed by atoms with van der Waals surface area (Å²) in [5.41, 5.74) is 2.62. The van der Waals surface area contributed by atoms with E-state index in [0.29, 0.717) is 5.69 Å². The van der Waals surface area contributed by atoms with Crippen molar-refractivity contribution in [2.24, 2.45) is 0 Å². The van der Waals surface area contributed by atoms with Gasteiger partial charge in [-0.1, -0.05) is 12.1 Å². The maximum absolute atomic E-state index is 12.3. The van der Waals surface area contributed by atoms with Gasteiger partial charge < -0.3 is 5.32 Å². The Morgan fingerprint density at radius 2 is 2.00 bits per heavy atom. The Kier molecular flexibility index (Phi) is 5.12. The lowest BCUT2D eigenvalue weighted by atomic mass is 10.1. The third-order valence-electron chi connectivity index (χ3n) is 3.38. The number of sulfonamides is 1. The maximum Gasteiger partial charge on any atom is 0.244 e. The number of aromatic nitrogens is 1. The second kappa shape index (κ2) is 6.89. The SMILES string of the molecule is Cc1ccc(C)c(NC(=O)CN(C)S(=O)(=O)c2cccnc2)c1. The largest absolute Gasteiger partial charge is 0.325 e. The molecule has 0 saturated heterocycles. The number of nitrogens with one attached hydrogen (secondary N) is 1. The molecule has 0 spiro atoms. The van der Waals surface area contributed by atoms with E-state index >= 15 is 0 Å². The van der Waals surface area contributed by atoms with E-state index in [1.165, 1.54) is 31.6 Å². The zero-order chi connectivity index (χ0) is 17.0. The van der Waals surface area contributed by atoms with Crippen molar-refractivity contribution in [2.45, 2.75) is 18.7 Å². The van der Waals surface area contributed by atoms with E-state index in [2.05, 4.69) is 10.3 Å². The lowest BCUT2D eigenvalue weighted by Gasteiger charge is -2.17. The van der Waals surface area contributed by atoms with Gasteiger partial charge in [-0.2, -0.15) is 4.31 Å². The van der Waals surface area contributed by atoms with Gasteiger partial charge in [0.2, 0.25) is 15.9 Å². The maximum atomic E-state index is 12.3. The van der Waals surface area contributed by atoms with Crippen LogP contribution in [0.5, 0.6) is 0 Å². The van der Waals surface area contributed by atoms with Crippen molar-refractivity contribution < 1.29 is 13.2 Å². The summed E-state index contributed by atoms with van der Waals surface area (Å²) < 4.78 is 25.7. The fourth-order valence-corrected chi connectivity index (χ4v) is 3.12. The normalized spacial score (nSPS) is 11.5. The van der Waals surface area contributed by atoms with E-state index < -0.39 is 15.9 Å². The smallest absolute Gasteiger partial charge is 0.244 e. The molecule has 0 aliphatic carbocycles. The van der Waals surface area contributed by atoms with Gasteiger partial charge in [-0.3, -0.25) is 9.78 Å². The number of hydrogen-bond donors (Lipinski definition) is 1. The van der Waals surface area contributed by atoms with Gasteiger partial charge in [-0.15, -0.1) is 0 Å². The molecule has 23 heavy (non-hydrogen) atoms. The van der Waals surface area contributed by atoms with Crippen LogP contribution in [0.4, 0.5) is 5.69 Å². The van der Waals surface area contributed by atoms with Gasteiger partial charge in [0, 0.05) is 25.1 Å². The second-order valence-electron chi connectivity index (χ2n) is 5.32. The summed E-state index contributed by atoms with van der Waals surface area (Å²) in [6.45, 7) is 3.53. The molecule has 1 amide bonds. The molecule has 2 aromatic rings. The number of benzene rings is 1. The van der Waals surface area contributed by atoms with Crippen LogP contribution < -0.4 is 5.32 Å². The minimum atomic E-state index is -3.73. The molecular weight excluding hydrogens is 314 g/mol. The highest BCUT2D eigenvalue weighted by atomic mass is 32.2. The molecular formula is C16H19N3O3S. The van der Waals surface area contributed by atoms with Crippen LogP contribution >= 0.6 is 0 Å². The van der Waals surface area contributed by atoms with Crippen LogP contribution in [0.15, 0.2) is 47.6 Å². The van der Waals surface area contributed by atoms with Gasteiger partial charge in [0.1, 0.15) is 4.90 Å². The van der Waals surface area contributed by atoms with Crippen LogP contribution in [0, 0.1) is 13.8 Å². The molecule has 6 nitrogen and oxygen atoms in total. The Bertz CT molecular complexity index is 805. The highest BCUT2D eigenvalue weighted by molar-refractivity contribution is 7.89. The van der Waals surface area contributed by atoms with Crippen LogP contribution in [0.2, 0.25) is 0 Å². The first-order valence-electron chi connectivity index (χ1n) is 7.04. The molecule has 7 heteroatoms. The van der Waals surface area contributed by atoms with Crippen molar-refractivity contribution in [3.63, 3.8) is 0 Å². The van der Waals surface area contributed by atoms with E-state index in [1.54, 1.807) is 0 Å². The Labute approximate surface area is 136 Å². The molecule has 122 valence electrons. The van der Waals surface area contributed by atoms with E-state index in [4.69, 9.17) is 0 Å². The number of carbonyl (C=O) groups excluding carboxylic acids is 1. The van der Waals surface area contributed by atoms with E-state index in [0.717, 1.165) is 15.4 Å². The van der Waals surface area contributed by atoms with Gasteiger partial charge in [0.05, 0.1) is 6.54 Å². The lowest BCUT2D eigenvalue weighted by Crippen LogP contribution is -2.35. The molecule has 1 aromatic carbocycles. The highest BCUT2D eigenvalue weighted by Gasteiger charge is 2.23. The van der Waals surface area contributed by atoms with Crippen molar-refractivity contribution in [3.05, 3.63) is 53.9 Å². The van der Waals surface area contributed by atoms with Crippen molar-refractivity contribution in [2.75, 3.05) is 18.9 Å². The summed E-state index contributed by atoms with van der Waals surface area (Å²) in [7, 11) is -2.37. The first-order chi connectivity index (χ1) is 10.8. The Balaban J connectivity index is 2.09. The average molecular weight is 333 g/mol. The fraction of sp³-hybridized carbons (Fsp3) is 0.250. The van der Waals surface area contributed by atoms with E-state index in [-0.39, 0.29) is 11.4 Å². The summed E-state index contributed by atoms with van der Waals surface area (Å²) in [6, 6.07) is 8.69. The number of likely N-dealkylation sites (N-methyl/N-ethyl adjacent to an activating group) is 1. The van der Waals surface area contributed by atoms with Gasteiger partial charge in [0.15, 0.2) is 0 Å². The van der Waals surface area contributed by atoms with Gasteiger partial charge >= 0.3 is 0 Å². The van der Waals surface area contributed by atoms with Crippen molar-refractivity contribution in [1.82, 2.24) is 9.29 Å². The summed E-state index contributed by atoms with van der Waals surface area (Å²) in [6.07, 6.45) is 2.75. The number of carbonyl (C=O) groups is 1. The number of nitrogens with zero attached hydrogens (tertiary/aromatic N) is 2.